The Morgan fingerprint density at radius 3 is 3.17 bits per heavy atom. The Morgan fingerprint density at radius 1 is 1.35 bits per heavy atom. The molecule has 6 heteroatoms. The lowest BCUT2D eigenvalue weighted by molar-refractivity contribution is -0.125. The van der Waals surface area contributed by atoms with Crippen LogP contribution in [0.2, 0.25) is 0 Å². The van der Waals surface area contributed by atoms with Crippen molar-refractivity contribution in [1.82, 2.24) is 21.2 Å². The van der Waals surface area contributed by atoms with Crippen LogP contribution >= 0.6 is 0 Å². The van der Waals surface area contributed by atoms with Crippen LogP contribution < -0.4 is 16.2 Å². The predicted molar refractivity (Wildman–Crippen MR) is 87.6 cm³/mol. The molecule has 4 atom stereocenters. The van der Waals surface area contributed by atoms with Gasteiger partial charge in [-0.15, -0.1) is 0 Å². The molecule has 4 rings (SSSR count). The maximum Gasteiger partial charge on any atom is 0.239 e. The van der Waals surface area contributed by atoms with Gasteiger partial charge in [0.15, 0.2) is 0 Å². The van der Waals surface area contributed by atoms with Crippen molar-refractivity contribution in [2.45, 2.75) is 31.5 Å². The summed E-state index contributed by atoms with van der Waals surface area (Å²) in [4.78, 5) is 15.8. The molecule has 2 aliphatic rings. The number of nitrogens with one attached hydrogen (secondary N) is 4. The van der Waals surface area contributed by atoms with Crippen LogP contribution in [0.3, 0.4) is 0 Å². The molecule has 4 N–H and O–H groups in total. The number of hydrazine groups is 1. The molecule has 122 valence electrons. The van der Waals surface area contributed by atoms with Crippen molar-refractivity contribution in [3.05, 3.63) is 36.0 Å². The Kier molecular flexibility index (Phi) is 3.80. The lowest BCUT2D eigenvalue weighted by Gasteiger charge is -2.27. The van der Waals surface area contributed by atoms with Crippen molar-refractivity contribution in [3.63, 3.8) is 0 Å². The van der Waals surface area contributed by atoms with Crippen molar-refractivity contribution in [2.24, 2.45) is 5.92 Å². The smallest absolute Gasteiger partial charge is 0.239 e. The molecule has 1 aromatic carbocycles. The normalized spacial score (nSPS) is 28.5. The maximum atomic E-state index is 12.6. The fourth-order valence-corrected chi connectivity index (χ4v) is 3.56. The van der Waals surface area contributed by atoms with Gasteiger partial charge < -0.3 is 15.0 Å². The second-order valence-corrected chi connectivity index (χ2v) is 6.45. The third-order valence-corrected chi connectivity index (χ3v) is 4.97. The van der Waals surface area contributed by atoms with E-state index >= 15 is 0 Å². The van der Waals surface area contributed by atoms with Crippen LogP contribution in [0.1, 0.15) is 24.9 Å². The van der Waals surface area contributed by atoms with Crippen LogP contribution in [0.4, 0.5) is 0 Å². The fraction of sp³-hybridized carbons (Fsp3) is 0.471. The zero-order valence-electron chi connectivity index (χ0n) is 13.1. The first-order valence-electron chi connectivity index (χ1n) is 8.18. The summed E-state index contributed by atoms with van der Waals surface area (Å²) < 4.78 is 5.53. The second-order valence-electron chi connectivity index (χ2n) is 6.45. The van der Waals surface area contributed by atoms with E-state index in [0.29, 0.717) is 12.6 Å². The number of fused-ring (bicyclic) bond motifs is 2. The zero-order valence-corrected chi connectivity index (χ0v) is 13.1. The van der Waals surface area contributed by atoms with Gasteiger partial charge in [-0.05, 0) is 42.5 Å². The molecular weight excluding hydrogens is 292 g/mol. The van der Waals surface area contributed by atoms with Gasteiger partial charge in [-0.2, -0.15) is 0 Å². The molecule has 0 aliphatic carbocycles. The standard InChI is InChI=1S/C17H22N4O2/c1-10(11-2-3-14-12(8-11)4-6-18-14)19-17(22)16-13-9-23-7-5-15(13)20-21-16/h2-4,6,8,10,13,15-16,18,20-21H,5,7,9H2,1H3,(H,19,22). The average Bonchev–Trinajstić information content (AvgIpc) is 3.20. The van der Waals surface area contributed by atoms with Gasteiger partial charge >= 0.3 is 0 Å². The predicted octanol–water partition coefficient (Wildman–Crippen LogP) is 1.23. The average molecular weight is 314 g/mol. The van der Waals surface area contributed by atoms with Crippen LogP contribution in [-0.4, -0.2) is 36.2 Å². The fourth-order valence-electron chi connectivity index (χ4n) is 3.56. The summed E-state index contributed by atoms with van der Waals surface area (Å²) in [6, 6.07) is 8.31. The molecule has 6 nitrogen and oxygen atoms in total. The Morgan fingerprint density at radius 2 is 2.26 bits per heavy atom. The molecule has 0 saturated carbocycles. The van der Waals surface area contributed by atoms with E-state index in [1.54, 1.807) is 0 Å². The summed E-state index contributed by atoms with van der Waals surface area (Å²) in [5.41, 5.74) is 8.57. The number of H-pyrrole nitrogens is 1. The van der Waals surface area contributed by atoms with Crippen molar-refractivity contribution in [3.8, 4) is 0 Å². The van der Waals surface area contributed by atoms with E-state index in [9.17, 15) is 4.79 Å². The maximum absolute atomic E-state index is 12.6. The Hall–Kier alpha value is -1.89. The van der Waals surface area contributed by atoms with Crippen molar-refractivity contribution in [1.29, 1.82) is 0 Å². The van der Waals surface area contributed by atoms with E-state index in [2.05, 4.69) is 33.3 Å². The molecular formula is C17H22N4O2. The second kappa shape index (κ2) is 5.96. The highest BCUT2D eigenvalue weighted by molar-refractivity contribution is 5.83. The van der Waals surface area contributed by atoms with Crippen LogP contribution in [0.5, 0.6) is 0 Å². The third-order valence-electron chi connectivity index (χ3n) is 4.97. The molecule has 2 aromatic rings. The van der Waals surface area contributed by atoms with Crippen LogP contribution in [-0.2, 0) is 9.53 Å². The minimum atomic E-state index is -0.237. The Bertz CT molecular complexity index is 713. The zero-order chi connectivity index (χ0) is 15.8. The van der Waals surface area contributed by atoms with Crippen molar-refractivity contribution >= 4 is 16.8 Å². The molecule has 2 saturated heterocycles. The number of aromatic nitrogens is 1. The van der Waals surface area contributed by atoms with E-state index in [-0.39, 0.29) is 23.9 Å². The number of hydrogen-bond acceptors (Lipinski definition) is 4. The number of ether oxygens (including phenoxy) is 1. The highest BCUT2D eigenvalue weighted by Gasteiger charge is 2.41. The molecule has 2 aliphatic heterocycles. The van der Waals surface area contributed by atoms with Gasteiger partial charge in [0.1, 0.15) is 6.04 Å². The van der Waals surface area contributed by atoms with E-state index < -0.39 is 0 Å². The molecule has 23 heavy (non-hydrogen) atoms. The molecule has 0 radical (unpaired) electrons. The number of hydrogen-bond donors (Lipinski definition) is 4. The highest BCUT2D eigenvalue weighted by Crippen LogP contribution is 2.24. The van der Waals surface area contributed by atoms with Crippen molar-refractivity contribution < 1.29 is 9.53 Å². The minimum absolute atomic E-state index is 0.0252. The first-order chi connectivity index (χ1) is 11.2. The molecule has 3 heterocycles. The van der Waals surface area contributed by atoms with Gasteiger partial charge in [-0.1, -0.05) is 6.07 Å². The van der Waals surface area contributed by atoms with Crippen molar-refractivity contribution in [2.75, 3.05) is 13.2 Å². The van der Waals surface area contributed by atoms with Gasteiger partial charge in [-0.3, -0.25) is 10.2 Å². The number of amides is 1. The summed E-state index contributed by atoms with van der Waals surface area (Å²) in [6.07, 6.45) is 2.87. The lowest BCUT2D eigenvalue weighted by Crippen LogP contribution is -2.47. The molecule has 1 amide bonds. The van der Waals surface area contributed by atoms with E-state index in [1.165, 1.54) is 0 Å². The van der Waals surface area contributed by atoms with Crippen LogP contribution in [0, 0.1) is 5.92 Å². The summed E-state index contributed by atoms with van der Waals surface area (Å²) in [6.45, 7) is 3.41. The van der Waals surface area contributed by atoms with E-state index in [0.717, 1.165) is 29.5 Å². The number of aromatic amines is 1. The molecule has 0 spiro atoms. The number of benzene rings is 1. The molecule has 2 fully saturated rings. The van der Waals surface area contributed by atoms with Gasteiger partial charge in [-0.25, -0.2) is 5.43 Å². The summed E-state index contributed by atoms with van der Waals surface area (Å²) >= 11 is 0. The third kappa shape index (κ3) is 2.73. The molecule has 4 unspecified atom stereocenters. The molecule has 1 aromatic heterocycles. The van der Waals surface area contributed by atoms with Gasteiger partial charge in [0.25, 0.3) is 0 Å². The number of carbonyl (C=O) groups is 1. The van der Waals surface area contributed by atoms with Gasteiger partial charge in [0.05, 0.1) is 12.6 Å². The van der Waals surface area contributed by atoms with Gasteiger partial charge in [0, 0.05) is 30.3 Å². The summed E-state index contributed by atoms with van der Waals surface area (Å²) in [7, 11) is 0. The lowest BCUT2D eigenvalue weighted by atomic mass is 9.91. The van der Waals surface area contributed by atoms with Crippen LogP contribution in [0.25, 0.3) is 10.9 Å². The summed E-state index contributed by atoms with van der Waals surface area (Å²) in [5, 5.41) is 4.28. The quantitative estimate of drug-likeness (QED) is 0.687. The van der Waals surface area contributed by atoms with Crippen LogP contribution in [0.15, 0.2) is 30.5 Å². The Balaban J connectivity index is 1.45. The monoisotopic (exact) mass is 314 g/mol. The van der Waals surface area contributed by atoms with E-state index in [4.69, 9.17) is 4.74 Å². The van der Waals surface area contributed by atoms with E-state index in [1.807, 2.05) is 25.3 Å². The number of carbonyl (C=O) groups excluding carboxylic acids is 1. The highest BCUT2D eigenvalue weighted by atomic mass is 16.5. The SMILES string of the molecule is CC(NC(=O)C1NNC2CCOCC21)c1ccc2[nH]ccc2c1. The van der Waals surface area contributed by atoms with Gasteiger partial charge in [0.2, 0.25) is 5.91 Å². The largest absolute Gasteiger partial charge is 0.381 e. The molecule has 0 bridgehead atoms. The number of rotatable bonds is 3. The first-order valence-corrected chi connectivity index (χ1v) is 8.18. The topological polar surface area (TPSA) is 78.2 Å². The minimum Gasteiger partial charge on any atom is -0.381 e. The summed E-state index contributed by atoms with van der Waals surface area (Å²) in [5.74, 6) is 0.222. The first kappa shape index (κ1) is 14.7. The Labute approximate surface area is 134 Å².